The molecule has 0 amide bonds. The summed E-state index contributed by atoms with van der Waals surface area (Å²) in [6.07, 6.45) is 3.60. The van der Waals surface area contributed by atoms with Gasteiger partial charge in [-0.1, -0.05) is 43.0 Å². The lowest BCUT2D eigenvalue weighted by atomic mass is 10.0. The number of nitrogens with zero attached hydrogens (tertiary/aromatic N) is 1. The average molecular weight is 197 g/mol. The first-order chi connectivity index (χ1) is 7.27. The van der Waals surface area contributed by atoms with Gasteiger partial charge in [0, 0.05) is 0 Å². The Hall–Kier alpha value is -1.81. The maximum atomic E-state index is 8.81. The summed E-state index contributed by atoms with van der Waals surface area (Å²) < 4.78 is 0. The van der Waals surface area contributed by atoms with E-state index in [0.717, 1.165) is 18.4 Å². The van der Waals surface area contributed by atoms with E-state index in [2.05, 4.69) is 24.8 Å². The van der Waals surface area contributed by atoms with Crippen molar-refractivity contribution in [2.45, 2.75) is 19.8 Å². The van der Waals surface area contributed by atoms with Crippen molar-refractivity contribution in [2.75, 3.05) is 0 Å². The molecule has 1 nitrogen and oxygen atoms in total. The largest absolute Gasteiger partial charge is 0.192 e. The van der Waals surface area contributed by atoms with E-state index < -0.39 is 0 Å². The highest BCUT2D eigenvalue weighted by Crippen LogP contribution is 2.14. The van der Waals surface area contributed by atoms with Crippen LogP contribution in [0.25, 0.3) is 0 Å². The summed E-state index contributed by atoms with van der Waals surface area (Å²) in [4.78, 5) is 0. The summed E-state index contributed by atoms with van der Waals surface area (Å²) in [6, 6.07) is 12.4. The van der Waals surface area contributed by atoms with Gasteiger partial charge in [-0.15, -0.1) is 0 Å². The minimum atomic E-state index is 0.700. The highest BCUT2D eigenvalue weighted by Gasteiger charge is 2.00. The second-order valence-electron chi connectivity index (χ2n) is 3.40. The van der Waals surface area contributed by atoms with Gasteiger partial charge in [-0.3, -0.25) is 0 Å². The van der Waals surface area contributed by atoms with Gasteiger partial charge >= 0.3 is 0 Å². The minimum absolute atomic E-state index is 0.700. The van der Waals surface area contributed by atoms with Crippen LogP contribution in [-0.2, 0) is 6.42 Å². The fourth-order valence-corrected chi connectivity index (χ4v) is 1.42. The molecule has 0 aromatic heterocycles. The highest BCUT2D eigenvalue weighted by atomic mass is 14.2. The van der Waals surface area contributed by atoms with Gasteiger partial charge in [0.15, 0.2) is 0 Å². The SMILES string of the molecule is C=C(CCc1ccccc1)/C(C#N)=C\C. The lowest BCUT2D eigenvalue weighted by Crippen LogP contribution is -1.90. The van der Waals surface area contributed by atoms with Crippen molar-refractivity contribution in [3.05, 3.63) is 59.7 Å². The molecule has 0 aliphatic carbocycles. The quantitative estimate of drug-likeness (QED) is 0.534. The maximum Gasteiger partial charge on any atom is 0.0990 e. The molecule has 0 radical (unpaired) electrons. The normalized spacial score (nSPS) is 10.8. The standard InChI is InChI=1S/C14H15N/c1-3-14(11-15)12(2)9-10-13-7-5-4-6-8-13/h3-8H,2,9-10H2,1H3/b14-3-. The molecule has 0 spiro atoms. The summed E-state index contributed by atoms with van der Waals surface area (Å²) in [7, 11) is 0. The molecule has 15 heavy (non-hydrogen) atoms. The first kappa shape index (κ1) is 11.3. The van der Waals surface area contributed by atoms with Gasteiger partial charge in [0.25, 0.3) is 0 Å². The van der Waals surface area contributed by atoms with E-state index in [-0.39, 0.29) is 0 Å². The lowest BCUT2D eigenvalue weighted by molar-refractivity contribution is 0.959. The Bertz CT molecular complexity index is 393. The molecule has 0 fully saturated rings. The van der Waals surface area contributed by atoms with Gasteiger partial charge in [-0.05, 0) is 30.9 Å². The van der Waals surface area contributed by atoms with Crippen molar-refractivity contribution >= 4 is 0 Å². The lowest BCUT2D eigenvalue weighted by Gasteiger charge is -2.03. The Morgan fingerprint density at radius 2 is 2.07 bits per heavy atom. The first-order valence-electron chi connectivity index (χ1n) is 5.06. The molecule has 0 atom stereocenters. The zero-order valence-electron chi connectivity index (χ0n) is 9.03. The molecular formula is C14H15N. The average Bonchev–Trinajstić information content (AvgIpc) is 2.29. The minimum Gasteiger partial charge on any atom is -0.192 e. The van der Waals surface area contributed by atoms with Crippen LogP contribution in [0.2, 0.25) is 0 Å². The van der Waals surface area contributed by atoms with Gasteiger partial charge in [0.05, 0.1) is 11.6 Å². The molecule has 0 unspecified atom stereocenters. The summed E-state index contributed by atoms with van der Waals surface area (Å²) >= 11 is 0. The molecule has 0 saturated heterocycles. The zero-order valence-corrected chi connectivity index (χ0v) is 9.03. The fraction of sp³-hybridized carbons (Fsp3) is 0.214. The van der Waals surface area contributed by atoms with Crippen LogP contribution in [-0.4, -0.2) is 0 Å². The van der Waals surface area contributed by atoms with E-state index in [4.69, 9.17) is 5.26 Å². The third-order valence-corrected chi connectivity index (χ3v) is 2.35. The van der Waals surface area contributed by atoms with E-state index >= 15 is 0 Å². The second kappa shape index (κ2) is 5.82. The van der Waals surface area contributed by atoms with Crippen molar-refractivity contribution in [2.24, 2.45) is 0 Å². The molecule has 0 saturated carbocycles. The second-order valence-corrected chi connectivity index (χ2v) is 3.40. The van der Waals surface area contributed by atoms with Crippen LogP contribution in [0.3, 0.4) is 0 Å². The predicted molar refractivity (Wildman–Crippen MR) is 63.3 cm³/mol. The third-order valence-electron chi connectivity index (χ3n) is 2.35. The third kappa shape index (κ3) is 3.44. The van der Waals surface area contributed by atoms with Gasteiger partial charge in [0.1, 0.15) is 0 Å². The monoisotopic (exact) mass is 197 g/mol. The van der Waals surface area contributed by atoms with Gasteiger partial charge < -0.3 is 0 Å². The maximum absolute atomic E-state index is 8.81. The number of hydrogen-bond acceptors (Lipinski definition) is 1. The molecular weight excluding hydrogens is 182 g/mol. The van der Waals surface area contributed by atoms with Crippen LogP contribution < -0.4 is 0 Å². The van der Waals surface area contributed by atoms with E-state index in [9.17, 15) is 0 Å². The van der Waals surface area contributed by atoms with Crippen LogP contribution >= 0.6 is 0 Å². The van der Waals surface area contributed by atoms with Crippen molar-refractivity contribution in [1.82, 2.24) is 0 Å². The Morgan fingerprint density at radius 1 is 1.40 bits per heavy atom. The Morgan fingerprint density at radius 3 is 2.60 bits per heavy atom. The van der Waals surface area contributed by atoms with E-state index in [1.165, 1.54) is 5.56 Å². The molecule has 76 valence electrons. The molecule has 1 aromatic rings. The van der Waals surface area contributed by atoms with Crippen LogP contribution in [0.15, 0.2) is 54.1 Å². The van der Waals surface area contributed by atoms with Crippen LogP contribution in [0.5, 0.6) is 0 Å². The van der Waals surface area contributed by atoms with E-state index in [1.807, 2.05) is 31.2 Å². The number of aryl methyl sites for hydroxylation is 1. The van der Waals surface area contributed by atoms with E-state index in [0.29, 0.717) is 5.57 Å². The van der Waals surface area contributed by atoms with Gasteiger partial charge in [-0.25, -0.2) is 0 Å². The van der Waals surface area contributed by atoms with Crippen molar-refractivity contribution < 1.29 is 0 Å². The molecule has 0 aliphatic heterocycles. The molecule has 0 heterocycles. The van der Waals surface area contributed by atoms with Crippen LogP contribution in [0.1, 0.15) is 18.9 Å². The smallest absolute Gasteiger partial charge is 0.0990 e. The van der Waals surface area contributed by atoms with Crippen molar-refractivity contribution in [1.29, 1.82) is 5.26 Å². The number of nitriles is 1. The molecule has 0 aliphatic rings. The summed E-state index contributed by atoms with van der Waals surface area (Å²) in [5.41, 5.74) is 2.90. The predicted octanol–water partition coefficient (Wildman–Crippen LogP) is 3.65. The zero-order chi connectivity index (χ0) is 11.1. The number of hydrogen-bond donors (Lipinski definition) is 0. The van der Waals surface area contributed by atoms with E-state index in [1.54, 1.807) is 0 Å². The Kier molecular flexibility index (Phi) is 4.37. The van der Waals surface area contributed by atoms with Gasteiger partial charge in [-0.2, -0.15) is 5.26 Å². The van der Waals surface area contributed by atoms with Crippen LogP contribution in [0, 0.1) is 11.3 Å². The first-order valence-corrected chi connectivity index (χ1v) is 5.06. The molecule has 1 heteroatoms. The van der Waals surface area contributed by atoms with Crippen molar-refractivity contribution in [3.8, 4) is 6.07 Å². The summed E-state index contributed by atoms with van der Waals surface area (Å²) in [5, 5.41) is 8.81. The molecule has 0 bridgehead atoms. The number of rotatable bonds is 4. The fourth-order valence-electron chi connectivity index (χ4n) is 1.42. The molecule has 0 N–H and O–H groups in total. The van der Waals surface area contributed by atoms with Crippen LogP contribution in [0.4, 0.5) is 0 Å². The number of benzene rings is 1. The Balaban J connectivity index is 2.53. The number of allylic oxidation sites excluding steroid dienone is 3. The van der Waals surface area contributed by atoms with Gasteiger partial charge in [0.2, 0.25) is 0 Å². The summed E-state index contributed by atoms with van der Waals surface area (Å²) in [5.74, 6) is 0. The molecule has 1 rings (SSSR count). The molecule has 1 aromatic carbocycles. The highest BCUT2D eigenvalue weighted by molar-refractivity contribution is 5.39. The summed E-state index contributed by atoms with van der Waals surface area (Å²) in [6.45, 7) is 5.79. The van der Waals surface area contributed by atoms with Crippen molar-refractivity contribution in [3.63, 3.8) is 0 Å². The Labute approximate surface area is 91.4 Å². The topological polar surface area (TPSA) is 23.8 Å².